The zero-order valence-corrected chi connectivity index (χ0v) is 4.97. The van der Waals surface area contributed by atoms with E-state index in [2.05, 4.69) is 17.1 Å². The topological polar surface area (TPSA) is 36.7 Å². The summed E-state index contributed by atoms with van der Waals surface area (Å²) < 4.78 is 0. The van der Waals surface area contributed by atoms with Crippen LogP contribution in [0.3, 0.4) is 0 Å². The number of hydrogen-bond acceptors (Lipinski definition) is 2. The van der Waals surface area contributed by atoms with Crippen molar-refractivity contribution in [2.75, 3.05) is 0 Å². The molecule has 0 spiro atoms. The van der Waals surface area contributed by atoms with Gasteiger partial charge in [0.1, 0.15) is 6.07 Å². The van der Waals surface area contributed by atoms with Gasteiger partial charge in [-0.15, -0.1) is 0 Å². The first-order valence-corrected chi connectivity index (χ1v) is 2.50. The van der Waals surface area contributed by atoms with Crippen LogP contribution in [0.15, 0.2) is 6.07 Å². The highest BCUT2D eigenvalue weighted by atomic mass is 14.7. The lowest BCUT2D eigenvalue weighted by Crippen LogP contribution is -1.81. The SMILES string of the molecule is Cc1cc#cc(C#N)n1. The monoisotopic (exact) mass is 116 g/mol. The van der Waals surface area contributed by atoms with Crippen molar-refractivity contribution in [3.8, 4) is 6.07 Å². The van der Waals surface area contributed by atoms with Crippen molar-refractivity contribution >= 4 is 0 Å². The number of rotatable bonds is 0. The van der Waals surface area contributed by atoms with Gasteiger partial charge in [-0.1, -0.05) is 6.07 Å². The van der Waals surface area contributed by atoms with Crippen molar-refractivity contribution in [3.63, 3.8) is 0 Å². The van der Waals surface area contributed by atoms with Gasteiger partial charge in [0.25, 0.3) is 0 Å². The highest BCUT2D eigenvalue weighted by Gasteiger charge is 1.86. The lowest BCUT2D eigenvalue weighted by Gasteiger charge is -1.82. The lowest BCUT2D eigenvalue weighted by molar-refractivity contribution is 1.17. The number of nitriles is 1. The second kappa shape index (κ2) is 2.15. The van der Waals surface area contributed by atoms with Crippen LogP contribution in [-0.4, -0.2) is 4.98 Å². The minimum Gasteiger partial charge on any atom is -0.233 e. The maximum absolute atomic E-state index is 8.30. The fraction of sp³-hybridized carbons (Fsp3) is 0.143. The molecular formula is C7H4N2. The van der Waals surface area contributed by atoms with Crippen LogP contribution in [0.5, 0.6) is 0 Å². The molecule has 0 aliphatic rings. The first-order chi connectivity index (χ1) is 4.33. The van der Waals surface area contributed by atoms with Crippen molar-refractivity contribution < 1.29 is 0 Å². The molecule has 0 saturated heterocycles. The van der Waals surface area contributed by atoms with E-state index >= 15 is 0 Å². The molecule has 0 saturated carbocycles. The number of hydrogen-bond donors (Lipinski definition) is 0. The largest absolute Gasteiger partial charge is 0.233 e. The van der Waals surface area contributed by atoms with Gasteiger partial charge >= 0.3 is 0 Å². The third-order valence-corrected chi connectivity index (χ3v) is 0.866. The summed E-state index contributed by atoms with van der Waals surface area (Å²) in [6.45, 7) is 1.81. The van der Waals surface area contributed by atoms with Crippen LogP contribution in [0.4, 0.5) is 0 Å². The van der Waals surface area contributed by atoms with Crippen molar-refractivity contribution in [2.45, 2.75) is 6.92 Å². The maximum Gasteiger partial charge on any atom is 0.191 e. The molecule has 9 heavy (non-hydrogen) atoms. The molecule has 2 heteroatoms. The molecule has 0 fully saturated rings. The molecule has 1 heterocycles. The maximum atomic E-state index is 8.30. The van der Waals surface area contributed by atoms with E-state index in [9.17, 15) is 0 Å². The summed E-state index contributed by atoms with van der Waals surface area (Å²) in [5.41, 5.74) is 1.10. The lowest BCUT2D eigenvalue weighted by atomic mass is 10.4. The van der Waals surface area contributed by atoms with Gasteiger partial charge in [-0.05, 0) is 13.0 Å². The number of aryl methyl sites for hydroxylation is 1. The molecule has 0 atom stereocenters. The zero-order chi connectivity index (χ0) is 6.69. The Bertz CT molecular complexity index is 247. The molecule has 0 bridgehead atoms. The highest BCUT2D eigenvalue weighted by Crippen LogP contribution is 1.88. The summed E-state index contributed by atoms with van der Waals surface area (Å²) in [6, 6.07) is 8.78. The highest BCUT2D eigenvalue weighted by molar-refractivity contribution is 5.15. The molecule has 42 valence electrons. The van der Waals surface area contributed by atoms with Crippen molar-refractivity contribution in [1.82, 2.24) is 4.98 Å². The fourth-order valence-corrected chi connectivity index (χ4v) is 0.498. The Balaban J connectivity index is 3.12. The van der Waals surface area contributed by atoms with Gasteiger partial charge in [0, 0.05) is 11.8 Å². The van der Waals surface area contributed by atoms with Gasteiger partial charge < -0.3 is 0 Å². The van der Waals surface area contributed by atoms with Crippen molar-refractivity contribution in [3.05, 3.63) is 29.6 Å². The fourth-order valence-electron chi connectivity index (χ4n) is 0.498. The molecule has 1 aromatic heterocycles. The summed E-state index contributed by atoms with van der Waals surface area (Å²) in [7, 11) is 0. The Labute approximate surface area is 53.8 Å². The van der Waals surface area contributed by atoms with Crippen LogP contribution in [0.2, 0.25) is 0 Å². The van der Waals surface area contributed by atoms with E-state index in [0.717, 1.165) is 5.69 Å². The Morgan fingerprint density at radius 2 is 2.56 bits per heavy atom. The van der Waals surface area contributed by atoms with Crippen molar-refractivity contribution in [1.29, 1.82) is 5.26 Å². The number of aromatic nitrogens is 1. The summed E-state index contributed by atoms with van der Waals surface area (Å²) in [5.74, 6) is 0. The molecule has 0 aliphatic carbocycles. The summed E-state index contributed by atoms with van der Waals surface area (Å²) in [6.07, 6.45) is 0. The molecule has 1 rings (SSSR count). The quantitative estimate of drug-likeness (QED) is 0.504. The molecule has 0 aromatic carbocycles. The third-order valence-electron chi connectivity index (χ3n) is 0.866. The van der Waals surface area contributed by atoms with E-state index in [4.69, 9.17) is 5.26 Å². The molecule has 0 unspecified atom stereocenters. The van der Waals surface area contributed by atoms with E-state index in [1.54, 1.807) is 6.07 Å². The summed E-state index contributed by atoms with van der Waals surface area (Å²) >= 11 is 0. The molecule has 2 nitrogen and oxygen atoms in total. The third kappa shape index (κ3) is 1.17. The molecule has 0 radical (unpaired) electrons. The average molecular weight is 116 g/mol. The van der Waals surface area contributed by atoms with Crippen LogP contribution in [0, 0.1) is 30.4 Å². The first-order valence-electron chi connectivity index (χ1n) is 2.50. The standard InChI is InChI=1S/C7H4N2/c1-6-3-2-4-7(5-8)9-6/h3H,1H3. The zero-order valence-electron chi connectivity index (χ0n) is 4.97. The minimum absolute atomic E-state index is 0.301. The van der Waals surface area contributed by atoms with Crippen LogP contribution in [-0.2, 0) is 0 Å². The van der Waals surface area contributed by atoms with E-state index < -0.39 is 0 Å². The second-order valence-electron chi connectivity index (χ2n) is 1.63. The summed E-state index contributed by atoms with van der Waals surface area (Å²) in [5, 5.41) is 8.30. The second-order valence-corrected chi connectivity index (χ2v) is 1.63. The van der Waals surface area contributed by atoms with Gasteiger partial charge in [0.2, 0.25) is 0 Å². The number of nitrogens with zero attached hydrogens (tertiary/aromatic N) is 2. The van der Waals surface area contributed by atoms with E-state index in [0.29, 0.717) is 5.69 Å². The predicted octanol–water partition coefficient (Wildman–Crippen LogP) is 0.862. The van der Waals surface area contributed by atoms with Crippen LogP contribution in [0.25, 0.3) is 0 Å². The molecule has 0 amide bonds. The van der Waals surface area contributed by atoms with Crippen LogP contribution < -0.4 is 0 Å². The predicted molar refractivity (Wildman–Crippen MR) is 31.4 cm³/mol. The molecule has 0 aliphatic heterocycles. The van der Waals surface area contributed by atoms with Crippen molar-refractivity contribution in [2.24, 2.45) is 0 Å². The Kier molecular flexibility index (Phi) is 1.34. The van der Waals surface area contributed by atoms with Gasteiger partial charge in [0.15, 0.2) is 5.69 Å². The smallest absolute Gasteiger partial charge is 0.191 e. The molecule has 0 N–H and O–H groups in total. The Hall–Kier alpha value is -1.54. The van der Waals surface area contributed by atoms with Gasteiger partial charge in [-0.25, -0.2) is 4.98 Å². The van der Waals surface area contributed by atoms with Crippen LogP contribution in [0.1, 0.15) is 11.4 Å². The molecule has 1 aromatic rings. The van der Waals surface area contributed by atoms with Gasteiger partial charge in [-0.2, -0.15) is 5.26 Å². The first kappa shape index (κ1) is 5.59. The van der Waals surface area contributed by atoms with E-state index in [1.807, 2.05) is 13.0 Å². The minimum atomic E-state index is 0.301. The summed E-state index contributed by atoms with van der Waals surface area (Å²) in [4.78, 5) is 3.84. The van der Waals surface area contributed by atoms with Gasteiger partial charge in [-0.3, -0.25) is 0 Å². The normalized spacial score (nSPS) is 7.56. The van der Waals surface area contributed by atoms with Gasteiger partial charge in [0.05, 0.1) is 0 Å². The molecular weight excluding hydrogens is 112 g/mol. The van der Waals surface area contributed by atoms with E-state index in [-0.39, 0.29) is 0 Å². The average Bonchev–Trinajstić information content (AvgIpc) is 1.88. The van der Waals surface area contributed by atoms with Crippen LogP contribution >= 0.6 is 0 Å². The Morgan fingerprint density at radius 3 is 3.00 bits per heavy atom. The van der Waals surface area contributed by atoms with E-state index in [1.165, 1.54) is 0 Å². The Morgan fingerprint density at radius 1 is 1.78 bits per heavy atom.